The van der Waals surface area contributed by atoms with Crippen LogP contribution in [-0.2, 0) is 12.8 Å². The lowest BCUT2D eigenvalue weighted by Crippen LogP contribution is -1.94. The minimum absolute atomic E-state index is 1.20. The summed E-state index contributed by atoms with van der Waals surface area (Å²) in [5.74, 6) is 0. The maximum absolute atomic E-state index is 4.29. The Morgan fingerprint density at radius 1 is 0.600 bits per heavy atom. The van der Waals surface area contributed by atoms with Gasteiger partial charge in [-0.1, -0.05) is 104 Å². The number of aromatic amines is 1. The van der Waals surface area contributed by atoms with Crippen molar-refractivity contribution in [1.82, 2.24) is 10.2 Å². The SMILES string of the molecule is CCCCCCCCCCc1cn[nH]c1CCCCCCCCCC. The van der Waals surface area contributed by atoms with Gasteiger partial charge in [0.1, 0.15) is 0 Å². The second-order valence-electron chi connectivity index (χ2n) is 7.82. The topological polar surface area (TPSA) is 28.7 Å². The molecule has 0 aliphatic heterocycles. The number of hydrogen-bond donors (Lipinski definition) is 1. The molecule has 0 spiro atoms. The Morgan fingerprint density at radius 2 is 1.04 bits per heavy atom. The van der Waals surface area contributed by atoms with Gasteiger partial charge in [-0.25, -0.2) is 0 Å². The van der Waals surface area contributed by atoms with Crippen molar-refractivity contribution >= 4 is 0 Å². The van der Waals surface area contributed by atoms with E-state index in [0.717, 1.165) is 0 Å². The minimum Gasteiger partial charge on any atom is -0.282 e. The Balaban J connectivity index is 2.00. The van der Waals surface area contributed by atoms with E-state index in [0.29, 0.717) is 0 Å². The van der Waals surface area contributed by atoms with Crippen LogP contribution in [0, 0.1) is 0 Å². The molecule has 1 rings (SSSR count). The van der Waals surface area contributed by atoms with Crippen LogP contribution in [0.25, 0.3) is 0 Å². The van der Waals surface area contributed by atoms with Crippen LogP contribution < -0.4 is 0 Å². The van der Waals surface area contributed by atoms with Crippen molar-refractivity contribution in [3.05, 3.63) is 17.5 Å². The van der Waals surface area contributed by atoms with Gasteiger partial charge in [-0.05, 0) is 31.2 Å². The zero-order valence-electron chi connectivity index (χ0n) is 17.3. The quantitative estimate of drug-likeness (QED) is 0.270. The van der Waals surface area contributed by atoms with Crippen molar-refractivity contribution in [2.24, 2.45) is 0 Å². The Morgan fingerprint density at radius 3 is 1.56 bits per heavy atom. The summed E-state index contributed by atoms with van der Waals surface area (Å²) in [7, 11) is 0. The minimum atomic E-state index is 1.20. The van der Waals surface area contributed by atoms with E-state index < -0.39 is 0 Å². The summed E-state index contributed by atoms with van der Waals surface area (Å²) in [6, 6.07) is 0. The second kappa shape index (κ2) is 16.7. The second-order valence-corrected chi connectivity index (χ2v) is 7.82. The van der Waals surface area contributed by atoms with Crippen LogP contribution in [0.4, 0.5) is 0 Å². The molecule has 0 saturated carbocycles. The number of aromatic nitrogens is 2. The molecule has 0 bridgehead atoms. The predicted molar refractivity (Wildman–Crippen MR) is 111 cm³/mol. The molecule has 0 atom stereocenters. The predicted octanol–water partition coefficient (Wildman–Crippen LogP) is 7.78. The monoisotopic (exact) mass is 348 g/mol. The van der Waals surface area contributed by atoms with Gasteiger partial charge in [0.15, 0.2) is 0 Å². The van der Waals surface area contributed by atoms with Crippen LogP contribution in [0.1, 0.15) is 128 Å². The average molecular weight is 349 g/mol. The third-order valence-electron chi connectivity index (χ3n) is 5.39. The lowest BCUT2D eigenvalue weighted by molar-refractivity contribution is 0.569. The van der Waals surface area contributed by atoms with Gasteiger partial charge in [0.05, 0.1) is 6.20 Å². The molecule has 0 radical (unpaired) electrons. The molecule has 0 saturated heterocycles. The van der Waals surface area contributed by atoms with E-state index in [2.05, 4.69) is 30.2 Å². The fraction of sp³-hybridized carbons (Fsp3) is 0.870. The summed E-state index contributed by atoms with van der Waals surface area (Å²) in [6.07, 6.45) is 26.8. The fourth-order valence-electron chi connectivity index (χ4n) is 3.65. The summed E-state index contributed by atoms with van der Waals surface area (Å²) < 4.78 is 0. The van der Waals surface area contributed by atoms with Crippen molar-refractivity contribution in [3.8, 4) is 0 Å². The maximum atomic E-state index is 4.29. The van der Waals surface area contributed by atoms with E-state index in [1.165, 1.54) is 127 Å². The molecule has 0 aliphatic rings. The number of rotatable bonds is 18. The van der Waals surface area contributed by atoms with Gasteiger partial charge in [-0.15, -0.1) is 0 Å². The average Bonchev–Trinajstić information content (AvgIpc) is 3.07. The van der Waals surface area contributed by atoms with Crippen LogP contribution in [0.5, 0.6) is 0 Å². The molecule has 0 amide bonds. The Labute approximate surface area is 157 Å². The first-order valence-electron chi connectivity index (χ1n) is 11.4. The smallest absolute Gasteiger partial charge is 0.0522 e. The molecule has 1 heterocycles. The van der Waals surface area contributed by atoms with Gasteiger partial charge in [0, 0.05) is 5.69 Å². The van der Waals surface area contributed by atoms with Crippen LogP contribution in [0.15, 0.2) is 6.20 Å². The van der Waals surface area contributed by atoms with Gasteiger partial charge in [-0.2, -0.15) is 5.10 Å². The Hall–Kier alpha value is -0.790. The first-order valence-corrected chi connectivity index (χ1v) is 11.4. The molecule has 0 fully saturated rings. The van der Waals surface area contributed by atoms with E-state index in [1.807, 2.05) is 0 Å². The maximum Gasteiger partial charge on any atom is 0.0522 e. The molecular formula is C23H44N2. The first kappa shape index (κ1) is 22.3. The van der Waals surface area contributed by atoms with E-state index in [-0.39, 0.29) is 0 Å². The lowest BCUT2D eigenvalue weighted by Gasteiger charge is -2.05. The summed E-state index contributed by atoms with van der Waals surface area (Å²) >= 11 is 0. The third-order valence-corrected chi connectivity index (χ3v) is 5.39. The van der Waals surface area contributed by atoms with Crippen LogP contribution in [0.2, 0.25) is 0 Å². The molecule has 1 aromatic rings. The van der Waals surface area contributed by atoms with Crippen LogP contribution >= 0.6 is 0 Å². The van der Waals surface area contributed by atoms with Crippen molar-refractivity contribution in [2.45, 2.75) is 129 Å². The number of aryl methyl sites for hydroxylation is 2. The van der Waals surface area contributed by atoms with Crippen molar-refractivity contribution in [2.75, 3.05) is 0 Å². The Kier molecular flexibility index (Phi) is 14.8. The first-order chi connectivity index (χ1) is 12.4. The van der Waals surface area contributed by atoms with E-state index in [9.17, 15) is 0 Å². The van der Waals surface area contributed by atoms with Crippen LogP contribution in [0.3, 0.4) is 0 Å². The molecule has 0 aromatic carbocycles. The van der Waals surface area contributed by atoms with Gasteiger partial charge in [-0.3, -0.25) is 5.10 Å². The summed E-state index contributed by atoms with van der Waals surface area (Å²) in [5, 5.41) is 7.54. The molecule has 1 N–H and O–H groups in total. The highest BCUT2D eigenvalue weighted by molar-refractivity contribution is 5.16. The number of unbranched alkanes of at least 4 members (excludes halogenated alkanes) is 14. The van der Waals surface area contributed by atoms with Crippen LogP contribution in [-0.4, -0.2) is 10.2 Å². The fourth-order valence-corrected chi connectivity index (χ4v) is 3.65. The molecule has 2 nitrogen and oxygen atoms in total. The van der Waals surface area contributed by atoms with Crippen molar-refractivity contribution < 1.29 is 0 Å². The number of nitrogens with one attached hydrogen (secondary N) is 1. The summed E-state index contributed by atoms with van der Waals surface area (Å²) in [5.41, 5.74) is 2.89. The van der Waals surface area contributed by atoms with Gasteiger partial charge < -0.3 is 0 Å². The Bertz CT molecular complexity index is 349. The molecule has 146 valence electrons. The zero-order valence-corrected chi connectivity index (χ0v) is 17.3. The highest BCUT2D eigenvalue weighted by Gasteiger charge is 2.05. The molecule has 0 unspecified atom stereocenters. The number of hydrogen-bond acceptors (Lipinski definition) is 1. The normalized spacial score (nSPS) is 11.3. The van der Waals surface area contributed by atoms with Gasteiger partial charge >= 0.3 is 0 Å². The van der Waals surface area contributed by atoms with E-state index in [4.69, 9.17) is 0 Å². The number of H-pyrrole nitrogens is 1. The molecule has 1 aromatic heterocycles. The van der Waals surface area contributed by atoms with Gasteiger partial charge in [0.25, 0.3) is 0 Å². The summed E-state index contributed by atoms with van der Waals surface area (Å²) in [4.78, 5) is 0. The number of nitrogens with zero attached hydrogens (tertiary/aromatic N) is 1. The van der Waals surface area contributed by atoms with Gasteiger partial charge in [0.2, 0.25) is 0 Å². The van der Waals surface area contributed by atoms with Crippen molar-refractivity contribution in [3.63, 3.8) is 0 Å². The lowest BCUT2D eigenvalue weighted by atomic mass is 10.0. The standard InChI is InChI=1S/C23H44N2/c1-3-5-7-9-11-13-15-17-19-22-21-24-25-23(22)20-18-16-14-12-10-8-6-4-2/h21H,3-20H2,1-2H3,(H,24,25). The highest BCUT2D eigenvalue weighted by atomic mass is 15.1. The third kappa shape index (κ3) is 12.2. The summed E-state index contributed by atoms with van der Waals surface area (Å²) in [6.45, 7) is 4.58. The molecule has 25 heavy (non-hydrogen) atoms. The molecular weight excluding hydrogens is 304 g/mol. The van der Waals surface area contributed by atoms with E-state index in [1.54, 1.807) is 0 Å². The molecule has 0 aliphatic carbocycles. The van der Waals surface area contributed by atoms with Crippen molar-refractivity contribution in [1.29, 1.82) is 0 Å². The zero-order chi connectivity index (χ0) is 18.0. The largest absolute Gasteiger partial charge is 0.282 e. The van der Waals surface area contributed by atoms with E-state index >= 15 is 0 Å². The highest BCUT2D eigenvalue weighted by Crippen LogP contribution is 2.16. The molecule has 2 heteroatoms.